The molecule has 2 aromatic rings. The van der Waals surface area contributed by atoms with Gasteiger partial charge in [0.25, 0.3) is 10.0 Å². The summed E-state index contributed by atoms with van der Waals surface area (Å²) in [5, 5.41) is 10.8. The van der Waals surface area contributed by atoms with Crippen LogP contribution in [0.1, 0.15) is 0 Å². The molecule has 1 saturated heterocycles. The minimum atomic E-state index is -4.03. The van der Waals surface area contributed by atoms with Gasteiger partial charge in [0.05, 0.1) is 18.1 Å². The molecule has 3 N–H and O–H groups in total. The van der Waals surface area contributed by atoms with Gasteiger partial charge in [0.15, 0.2) is 5.03 Å². The topological polar surface area (TPSA) is 110 Å². The lowest BCUT2D eigenvalue weighted by Gasteiger charge is -2.27. The van der Waals surface area contributed by atoms with Crippen molar-refractivity contribution in [1.82, 2.24) is 9.29 Å². The van der Waals surface area contributed by atoms with Gasteiger partial charge in [-0.15, -0.1) is 0 Å². The Kier molecular flexibility index (Phi) is 5.56. The molecular weight excluding hydrogens is 411 g/mol. The Bertz CT molecular complexity index is 1030. The third-order valence-electron chi connectivity index (χ3n) is 4.39. The number of aromatic nitrogens is 1. The molecule has 0 bridgehead atoms. The number of hydrogen-bond acceptors (Lipinski definition) is 6. The second kappa shape index (κ2) is 7.62. The van der Waals surface area contributed by atoms with Crippen molar-refractivity contribution in [1.29, 1.82) is 0 Å². The average Bonchev–Trinajstić information content (AvgIpc) is 3.00. The standard InChI is InChI=1S/C17H16ClFN4O4S/c1-21-14-4-3-12(6-13(14)19)27-15-8-23(10-17(15,24)9-20)28(25,26)16-5-2-11(18)7-22-16/h2-7,15,24H,8-10,20H2/t15-,17-/m0/s1. The molecule has 1 aliphatic rings. The van der Waals surface area contributed by atoms with E-state index in [2.05, 4.69) is 9.83 Å². The summed E-state index contributed by atoms with van der Waals surface area (Å²) in [6.07, 6.45) is 0.160. The number of benzene rings is 1. The minimum absolute atomic E-state index is 0.0469. The third kappa shape index (κ3) is 3.80. The maximum Gasteiger partial charge on any atom is 0.260 e. The fraction of sp³-hybridized carbons (Fsp3) is 0.294. The minimum Gasteiger partial charge on any atom is -0.486 e. The SMILES string of the molecule is [C-]#[N+]c1ccc(O[C@H]2CN(S(=O)(=O)c3ccc(Cl)cn3)C[C@@]2(O)CN)cc1F. The maximum atomic E-state index is 13.8. The number of nitrogens with zero attached hydrogens (tertiary/aromatic N) is 3. The molecule has 1 fully saturated rings. The van der Waals surface area contributed by atoms with E-state index in [9.17, 15) is 17.9 Å². The number of aliphatic hydroxyl groups is 1. The van der Waals surface area contributed by atoms with Gasteiger partial charge in [0.2, 0.25) is 5.69 Å². The highest BCUT2D eigenvalue weighted by molar-refractivity contribution is 7.89. The first-order valence-electron chi connectivity index (χ1n) is 8.07. The van der Waals surface area contributed by atoms with Gasteiger partial charge in [-0.3, -0.25) is 0 Å². The molecule has 2 atom stereocenters. The first-order chi connectivity index (χ1) is 13.2. The zero-order valence-corrected chi connectivity index (χ0v) is 16.0. The molecule has 0 unspecified atom stereocenters. The van der Waals surface area contributed by atoms with Crippen LogP contribution in [0.2, 0.25) is 5.02 Å². The number of rotatable bonds is 5. The van der Waals surface area contributed by atoms with Crippen molar-refractivity contribution >= 4 is 27.3 Å². The second-order valence-corrected chi connectivity index (χ2v) is 8.57. The molecule has 3 rings (SSSR count). The monoisotopic (exact) mass is 426 g/mol. The van der Waals surface area contributed by atoms with Crippen LogP contribution >= 0.6 is 11.6 Å². The van der Waals surface area contributed by atoms with Crippen LogP contribution in [0, 0.1) is 12.4 Å². The average molecular weight is 427 g/mol. The van der Waals surface area contributed by atoms with E-state index >= 15 is 0 Å². The van der Waals surface area contributed by atoms with Gasteiger partial charge in [-0.25, -0.2) is 22.6 Å². The van der Waals surface area contributed by atoms with Gasteiger partial charge < -0.3 is 15.6 Å². The quantitative estimate of drug-likeness (QED) is 0.702. The van der Waals surface area contributed by atoms with Crippen molar-refractivity contribution in [2.45, 2.75) is 16.7 Å². The van der Waals surface area contributed by atoms with E-state index in [1.54, 1.807) is 0 Å². The molecule has 28 heavy (non-hydrogen) atoms. The molecule has 0 spiro atoms. The first kappa shape index (κ1) is 20.4. The Morgan fingerprint density at radius 2 is 2.21 bits per heavy atom. The Morgan fingerprint density at radius 3 is 2.79 bits per heavy atom. The summed E-state index contributed by atoms with van der Waals surface area (Å²) < 4.78 is 46.0. The van der Waals surface area contributed by atoms with Crippen LogP contribution in [0.15, 0.2) is 41.6 Å². The number of hydrogen-bond donors (Lipinski definition) is 2. The predicted molar refractivity (Wildman–Crippen MR) is 99.1 cm³/mol. The van der Waals surface area contributed by atoms with Gasteiger partial charge in [0.1, 0.15) is 23.3 Å². The Morgan fingerprint density at radius 1 is 1.46 bits per heavy atom. The number of β-amino-alcohol motifs (C(OH)–C–C–N with tert-alkyl or cyclic N) is 1. The lowest BCUT2D eigenvalue weighted by Crippen LogP contribution is -2.50. The summed E-state index contributed by atoms with van der Waals surface area (Å²) in [5.74, 6) is -0.734. The van der Waals surface area contributed by atoms with Crippen molar-refractivity contribution < 1.29 is 22.7 Å². The lowest BCUT2D eigenvalue weighted by atomic mass is 10.0. The molecule has 0 saturated carbocycles. The van der Waals surface area contributed by atoms with Gasteiger partial charge >= 0.3 is 0 Å². The molecule has 8 nitrogen and oxygen atoms in total. The Hall–Kier alpha value is -2.29. The molecule has 2 heterocycles. The van der Waals surface area contributed by atoms with Crippen molar-refractivity contribution in [2.24, 2.45) is 5.73 Å². The van der Waals surface area contributed by atoms with Gasteiger partial charge in [-0.05, 0) is 24.3 Å². The van der Waals surface area contributed by atoms with Crippen LogP contribution in [-0.2, 0) is 10.0 Å². The van der Waals surface area contributed by atoms with E-state index in [0.29, 0.717) is 0 Å². The molecule has 11 heteroatoms. The smallest absolute Gasteiger partial charge is 0.260 e. The largest absolute Gasteiger partial charge is 0.486 e. The molecule has 1 aromatic heterocycles. The van der Waals surface area contributed by atoms with Gasteiger partial charge in [-0.2, -0.15) is 4.31 Å². The zero-order valence-electron chi connectivity index (χ0n) is 14.4. The molecular formula is C17H16ClFN4O4S. The molecule has 0 amide bonds. The summed E-state index contributed by atoms with van der Waals surface area (Å²) in [5.41, 5.74) is 3.79. The van der Waals surface area contributed by atoms with E-state index < -0.39 is 27.5 Å². The van der Waals surface area contributed by atoms with E-state index in [1.807, 2.05) is 0 Å². The highest BCUT2D eigenvalue weighted by Gasteiger charge is 2.50. The maximum absolute atomic E-state index is 13.8. The van der Waals surface area contributed by atoms with Crippen LogP contribution in [0.5, 0.6) is 5.75 Å². The van der Waals surface area contributed by atoms with Crippen LogP contribution in [0.3, 0.4) is 0 Å². The van der Waals surface area contributed by atoms with Crippen molar-refractivity contribution in [3.63, 3.8) is 0 Å². The van der Waals surface area contributed by atoms with Crippen molar-refractivity contribution in [3.05, 3.63) is 58.8 Å². The van der Waals surface area contributed by atoms with Crippen LogP contribution in [0.4, 0.5) is 10.1 Å². The molecule has 1 aromatic carbocycles. The zero-order chi connectivity index (χ0) is 20.5. The Labute approximate surface area is 166 Å². The van der Waals surface area contributed by atoms with Crippen molar-refractivity contribution in [2.75, 3.05) is 19.6 Å². The highest BCUT2D eigenvalue weighted by atomic mass is 35.5. The summed E-state index contributed by atoms with van der Waals surface area (Å²) in [4.78, 5) is 6.83. The molecule has 148 valence electrons. The van der Waals surface area contributed by atoms with E-state index in [0.717, 1.165) is 10.4 Å². The van der Waals surface area contributed by atoms with Crippen LogP contribution in [-0.4, -0.2) is 54.2 Å². The third-order valence-corrected chi connectivity index (χ3v) is 6.35. The van der Waals surface area contributed by atoms with Crippen LogP contribution < -0.4 is 10.5 Å². The number of pyridine rings is 1. The van der Waals surface area contributed by atoms with Crippen molar-refractivity contribution in [3.8, 4) is 5.75 Å². The fourth-order valence-corrected chi connectivity index (χ4v) is 4.34. The van der Waals surface area contributed by atoms with E-state index in [4.69, 9.17) is 28.6 Å². The summed E-state index contributed by atoms with van der Waals surface area (Å²) >= 11 is 5.74. The number of nitrogens with two attached hydrogens (primary N) is 1. The molecule has 1 aliphatic heterocycles. The molecule has 0 aliphatic carbocycles. The van der Waals surface area contributed by atoms with Gasteiger partial charge in [0, 0.05) is 25.4 Å². The van der Waals surface area contributed by atoms with E-state index in [1.165, 1.54) is 30.5 Å². The fourth-order valence-electron chi connectivity index (χ4n) is 2.82. The first-order valence-corrected chi connectivity index (χ1v) is 9.89. The van der Waals surface area contributed by atoms with Crippen LogP contribution in [0.25, 0.3) is 4.85 Å². The Balaban J connectivity index is 1.86. The highest BCUT2D eigenvalue weighted by Crippen LogP contribution is 2.31. The predicted octanol–water partition coefficient (Wildman–Crippen LogP) is 1.57. The number of halogens is 2. The summed E-state index contributed by atoms with van der Waals surface area (Å²) in [7, 11) is -4.03. The lowest BCUT2D eigenvalue weighted by molar-refractivity contribution is -0.0200. The normalized spacial score (nSPS) is 22.8. The summed E-state index contributed by atoms with van der Waals surface area (Å²) in [6.45, 7) is 6.05. The van der Waals surface area contributed by atoms with Gasteiger partial charge in [-0.1, -0.05) is 11.6 Å². The van der Waals surface area contributed by atoms with E-state index in [-0.39, 0.29) is 41.1 Å². The number of sulfonamides is 1. The second-order valence-electron chi connectivity index (χ2n) is 6.25. The summed E-state index contributed by atoms with van der Waals surface area (Å²) in [6, 6.07) is 6.25. The number of ether oxygens (including phenoxy) is 1. The molecule has 0 radical (unpaired) electrons.